The van der Waals surface area contributed by atoms with Crippen molar-refractivity contribution in [3.05, 3.63) is 44.3 Å². The van der Waals surface area contributed by atoms with Crippen LogP contribution >= 0.6 is 15.9 Å². The molecule has 0 fully saturated rings. The van der Waals surface area contributed by atoms with E-state index in [9.17, 15) is 4.79 Å². The smallest absolute Gasteiger partial charge is 0.352 e. The molecule has 2 aromatic heterocycles. The highest BCUT2D eigenvalue weighted by atomic mass is 79.9. The summed E-state index contributed by atoms with van der Waals surface area (Å²) in [5, 5.41) is 2.36. The van der Waals surface area contributed by atoms with E-state index in [4.69, 9.17) is 10.2 Å². The van der Waals surface area contributed by atoms with Crippen molar-refractivity contribution >= 4 is 43.5 Å². The fourth-order valence-electron chi connectivity index (χ4n) is 4.03. The van der Waals surface area contributed by atoms with Gasteiger partial charge in [0.05, 0.1) is 0 Å². The van der Waals surface area contributed by atoms with E-state index in [0.717, 1.165) is 40.2 Å². The summed E-state index contributed by atoms with van der Waals surface area (Å²) in [5.41, 5.74) is 9.02. The molecule has 0 spiro atoms. The SMILES string of the molecule is CC(C)(C)[C@H]1CCc2[nH+]c(N)c3c(=O)oc4ccc(Br)cc4c3c2C1. The topological polar surface area (TPSA) is 70.4 Å². The highest BCUT2D eigenvalue weighted by Crippen LogP contribution is 2.40. The van der Waals surface area contributed by atoms with E-state index in [0.29, 0.717) is 22.7 Å². The van der Waals surface area contributed by atoms with Crippen molar-refractivity contribution < 1.29 is 9.40 Å². The van der Waals surface area contributed by atoms with Gasteiger partial charge in [-0.05, 0) is 42.4 Å². The van der Waals surface area contributed by atoms with Gasteiger partial charge in [-0.2, -0.15) is 0 Å². The molecule has 25 heavy (non-hydrogen) atoms. The standard InChI is InChI=1S/C20H21BrN2O2/c1-20(2,3)10-4-6-14-12(8-10)16-13-9-11(21)5-7-15(13)25-19(24)17(16)18(22)23-14/h5,7,9-10H,4,6,8H2,1-3H3,(H2,22,23)/p+1/t10-/m0/s1. The van der Waals surface area contributed by atoms with E-state index in [2.05, 4.69) is 41.7 Å². The molecule has 4 rings (SSSR count). The summed E-state index contributed by atoms with van der Waals surface area (Å²) in [4.78, 5) is 15.9. The Morgan fingerprint density at radius 3 is 2.76 bits per heavy atom. The van der Waals surface area contributed by atoms with Gasteiger partial charge in [0.25, 0.3) is 5.82 Å². The molecule has 0 radical (unpaired) electrons. The minimum atomic E-state index is -0.376. The molecule has 1 atom stereocenters. The summed E-state index contributed by atoms with van der Waals surface area (Å²) in [7, 11) is 0. The van der Waals surface area contributed by atoms with Gasteiger partial charge in [0, 0.05) is 27.2 Å². The first kappa shape index (κ1) is 16.6. The van der Waals surface area contributed by atoms with Gasteiger partial charge < -0.3 is 4.42 Å². The predicted molar refractivity (Wildman–Crippen MR) is 104 cm³/mol. The number of halogens is 1. The maximum Gasteiger partial charge on any atom is 0.352 e. The van der Waals surface area contributed by atoms with Gasteiger partial charge in [-0.3, -0.25) is 5.73 Å². The van der Waals surface area contributed by atoms with Crippen LogP contribution in [0, 0.1) is 11.3 Å². The zero-order valence-electron chi connectivity index (χ0n) is 14.7. The molecule has 5 heteroatoms. The van der Waals surface area contributed by atoms with Crippen molar-refractivity contribution in [1.29, 1.82) is 0 Å². The third-order valence-electron chi connectivity index (χ3n) is 5.51. The Morgan fingerprint density at radius 2 is 2.04 bits per heavy atom. The van der Waals surface area contributed by atoms with Gasteiger partial charge in [0.2, 0.25) is 0 Å². The Balaban J connectivity index is 2.13. The molecule has 1 aromatic carbocycles. The predicted octanol–water partition coefficient (Wildman–Crippen LogP) is 4.26. The van der Waals surface area contributed by atoms with Gasteiger partial charge >= 0.3 is 5.63 Å². The summed E-state index contributed by atoms with van der Waals surface area (Å²) in [6.07, 6.45) is 3.02. The van der Waals surface area contributed by atoms with Gasteiger partial charge in [-0.15, -0.1) is 0 Å². The summed E-state index contributed by atoms with van der Waals surface area (Å²) in [5.74, 6) is 0.966. The number of nitrogen functional groups attached to an aromatic ring is 1. The van der Waals surface area contributed by atoms with E-state index in [1.807, 2.05) is 18.2 Å². The number of fused-ring (bicyclic) bond motifs is 5. The van der Waals surface area contributed by atoms with Crippen LogP contribution in [0.5, 0.6) is 0 Å². The van der Waals surface area contributed by atoms with Gasteiger partial charge in [0.1, 0.15) is 11.3 Å². The van der Waals surface area contributed by atoms with Crippen LogP contribution in [0.15, 0.2) is 31.9 Å². The quantitative estimate of drug-likeness (QED) is 0.451. The number of aryl methyl sites for hydroxylation is 1. The number of rotatable bonds is 0. The largest absolute Gasteiger partial charge is 0.422 e. The van der Waals surface area contributed by atoms with Crippen molar-refractivity contribution in [2.75, 3.05) is 5.73 Å². The number of H-pyrrole nitrogens is 1. The lowest BCUT2D eigenvalue weighted by atomic mass is 9.71. The molecule has 3 N–H and O–H groups in total. The Bertz CT molecular complexity index is 1060. The second kappa shape index (κ2) is 5.56. The number of hydrogen-bond donors (Lipinski definition) is 1. The Kier molecular flexibility index (Phi) is 3.69. The van der Waals surface area contributed by atoms with Crippen LogP contribution in [0.3, 0.4) is 0 Å². The van der Waals surface area contributed by atoms with Crippen LogP contribution in [0.4, 0.5) is 5.82 Å². The van der Waals surface area contributed by atoms with Crippen molar-refractivity contribution in [3.8, 4) is 0 Å². The highest BCUT2D eigenvalue weighted by Gasteiger charge is 2.33. The second-order valence-corrected chi connectivity index (χ2v) is 9.00. The lowest BCUT2D eigenvalue weighted by molar-refractivity contribution is -0.373. The van der Waals surface area contributed by atoms with Gasteiger partial charge in [0.15, 0.2) is 5.39 Å². The molecule has 0 unspecified atom stereocenters. The van der Waals surface area contributed by atoms with E-state index >= 15 is 0 Å². The Labute approximate surface area is 154 Å². The van der Waals surface area contributed by atoms with Crippen LogP contribution in [-0.4, -0.2) is 0 Å². The number of anilines is 1. The molecule has 1 aliphatic rings. The average molecular weight is 402 g/mol. The van der Waals surface area contributed by atoms with E-state index in [-0.39, 0.29) is 11.0 Å². The molecule has 0 saturated heterocycles. The van der Waals surface area contributed by atoms with Crippen molar-refractivity contribution in [1.82, 2.24) is 0 Å². The minimum absolute atomic E-state index is 0.223. The molecular weight excluding hydrogens is 380 g/mol. The maximum atomic E-state index is 12.6. The summed E-state index contributed by atoms with van der Waals surface area (Å²) in [6, 6.07) is 5.74. The zero-order chi connectivity index (χ0) is 17.9. The third kappa shape index (κ3) is 2.65. The Morgan fingerprint density at radius 1 is 1.28 bits per heavy atom. The third-order valence-corrected chi connectivity index (χ3v) is 6.00. The summed E-state index contributed by atoms with van der Waals surface area (Å²) < 4.78 is 6.48. The number of pyridine rings is 1. The lowest BCUT2D eigenvalue weighted by Crippen LogP contribution is -2.32. The molecule has 0 amide bonds. The fraction of sp³-hybridized carbons (Fsp3) is 0.400. The van der Waals surface area contributed by atoms with E-state index in [1.54, 1.807) is 0 Å². The first-order valence-electron chi connectivity index (χ1n) is 8.64. The van der Waals surface area contributed by atoms with Crippen LogP contribution in [-0.2, 0) is 12.8 Å². The molecule has 130 valence electrons. The number of hydrogen-bond acceptors (Lipinski definition) is 3. The number of aromatic nitrogens is 1. The number of aromatic amines is 1. The minimum Gasteiger partial charge on any atom is -0.422 e. The number of nitrogens with two attached hydrogens (primary N) is 1. The normalized spacial score (nSPS) is 17.8. The van der Waals surface area contributed by atoms with Gasteiger partial charge in [-0.1, -0.05) is 36.7 Å². The molecule has 0 saturated carbocycles. The van der Waals surface area contributed by atoms with Crippen LogP contribution < -0.4 is 16.3 Å². The molecule has 2 heterocycles. The van der Waals surface area contributed by atoms with Crippen LogP contribution in [0.1, 0.15) is 38.4 Å². The van der Waals surface area contributed by atoms with Crippen molar-refractivity contribution in [2.45, 2.75) is 40.0 Å². The Hall–Kier alpha value is -1.88. The monoisotopic (exact) mass is 401 g/mol. The molecule has 0 bridgehead atoms. The zero-order valence-corrected chi connectivity index (χ0v) is 16.3. The van der Waals surface area contributed by atoms with E-state index < -0.39 is 0 Å². The molecule has 4 nitrogen and oxygen atoms in total. The lowest BCUT2D eigenvalue weighted by Gasteiger charge is -2.34. The first-order valence-corrected chi connectivity index (χ1v) is 9.43. The highest BCUT2D eigenvalue weighted by molar-refractivity contribution is 9.10. The van der Waals surface area contributed by atoms with Crippen molar-refractivity contribution in [3.63, 3.8) is 0 Å². The molecule has 0 aliphatic heterocycles. The molecular formula is C20H22BrN2O2+. The van der Waals surface area contributed by atoms with Crippen molar-refractivity contribution in [2.24, 2.45) is 11.3 Å². The van der Waals surface area contributed by atoms with Crippen LogP contribution in [0.2, 0.25) is 0 Å². The average Bonchev–Trinajstić information content (AvgIpc) is 2.53. The second-order valence-electron chi connectivity index (χ2n) is 8.08. The maximum absolute atomic E-state index is 12.6. The fourth-order valence-corrected chi connectivity index (χ4v) is 4.39. The number of benzene rings is 1. The summed E-state index contributed by atoms with van der Waals surface area (Å²) in [6.45, 7) is 6.86. The van der Waals surface area contributed by atoms with E-state index in [1.165, 1.54) is 5.56 Å². The van der Waals surface area contributed by atoms with Crippen LogP contribution in [0.25, 0.3) is 21.7 Å². The molecule has 1 aliphatic carbocycles. The summed E-state index contributed by atoms with van der Waals surface area (Å²) >= 11 is 3.54. The number of nitrogens with one attached hydrogen (secondary N) is 1. The molecule has 3 aromatic rings. The van der Waals surface area contributed by atoms with Gasteiger partial charge in [-0.25, -0.2) is 9.78 Å². The first-order chi connectivity index (χ1) is 11.8.